The summed E-state index contributed by atoms with van der Waals surface area (Å²) in [5, 5.41) is 41.6. The molecule has 0 aliphatic carbocycles. The number of fused-ring (bicyclic) bond motifs is 1. The van der Waals surface area contributed by atoms with E-state index in [1.165, 1.54) is 0 Å². The third kappa shape index (κ3) is 6.18. The lowest BCUT2D eigenvalue weighted by molar-refractivity contribution is -0.271. The average molecular weight is 618 g/mol. The van der Waals surface area contributed by atoms with E-state index in [0.717, 1.165) is 34.0 Å². The Morgan fingerprint density at radius 2 is 1.74 bits per heavy atom. The van der Waals surface area contributed by atoms with Gasteiger partial charge in [-0.3, -0.25) is 14.9 Å². The molecule has 5 N–H and O–H groups in total. The lowest BCUT2D eigenvalue weighted by Crippen LogP contribution is -2.61. The molecule has 2 saturated heterocycles. The number of benzene rings is 2. The van der Waals surface area contributed by atoms with E-state index in [1.54, 1.807) is 0 Å². The molecule has 5 rings (SSSR count). The normalized spacial score (nSPS) is 30.3. The Hall–Kier alpha value is -3.36. The fourth-order valence-electron chi connectivity index (χ4n) is 5.52. The number of rotatable bonds is 8. The van der Waals surface area contributed by atoms with Crippen LogP contribution in [-0.2, 0) is 27.2 Å². The smallest absolute Gasteiger partial charge is 0.335 e. The summed E-state index contributed by atoms with van der Waals surface area (Å²) in [6, 6.07) is 7.39. The topological polar surface area (TPSA) is 181 Å². The molecule has 232 valence electrons. The van der Waals surface area contributed by atoms with Gasteiger partial charge < -0.3 is 39.4 Å². The van der Waals surface area contributed by atoms with Gasteiger partial charge in [0.15, 0.2) is 6.10 Å². The summed E-state index contributed by atoms with van der Waals surface area (Å²) in [4.78, 5) is 34.8. The van der Waals surface area contributed by atoms with Crippen molar-refractivity contribution in [3.63, 3.8) is 0 Å². The monoisotopic (exact) mass is 617 g/mol. The molecule has 0 spiro atoms. The van der Waals surface area contributed by atoms with Gasteiger partial charge in [-0.15, -0.1) is 0 Å². The maximum atomic E-state index is 11.8. The maximum absolute atomic E-state index is 11.8. The zero-order valence-electron chi connectivity index (χ0n) is 24.2. The van der Waals surface area contributed by atoms with Crippen molar-refractivity contribution < 1.29 is 53.8 Å². The molecule has 3 aliphatic heterocycles. The lowest BCUT2D eigenvalue weighted by atomic mass is 9.87. The fourth-order valence-corrected chi connectivity index (χ4v) is 6.38. The number of aliphatic hydroxyl groups is 3. The van der Waals surface area contributed by atoms with Crippen LogP contribution in [0.1, 0.15) is 41.2 Å². The van der Waals surface area contributed by atoms with Crippen molar-refractivity contribution in [1.82, 2.24) is 5.32 Å². The van der Waals surface area contributed by atoms with E-state index in [4.69, 9.17) is 18.9 Å². The van der Waals surface area contributed by atoms with Crippen LogP contribution in [0.3, 0.4) is 0 Å². The van der Waals surface area contributed by atoms with Crippen molar-refractivity contribution in [1.29, 1.82) is 0 Å². The van der Waals surface area contributed by atoms with E-state index in [9.17, 15) is 34.8 Å². The standard InChI is InChI=1S/C30H35NO11S/c1-13-14(2)24-18(15(3)23(13)40-28-22(34)20(32)21(33)25(41-28)27(36)37)9-10-30(4,42-24)12-39-17-7-5-16(6-8-17)11-19-26(35)31-29(38)43-19/h5-8,19-22,25,28,32-34H,9-12H2,1-4H3,(H,36,37)(H,31,35,38). The van der Waals surface area contributed by atoms with Crippen LogP contribution in [0.4, 0.5) is 4.79 Å². The molecular formula is C30H35NO11S. The van der Waals surface area contributed by atoms with Crippen LogP contribution in [0, 0.1) is 20.8 Å². The Balaban J connectivity index is 1.27. The molecule has 0 aromatic heterocycles. The number of imide groups is 1. The molecule has 43 heavy (non-hydrogen) atoms. The van der Waals surface area contributed by atoms with Crippen molar-refractivity contribution in [2.45, 2.75) is 88.5 Å². The second-order valence-electron chi connectivity index (χ2n) is 11.4. The van der Waals surface area contributed by atoms with E-state index in [1.807, 2.05) is 52.0 Å². The predicted octanol–water partition coefficient (Wildman–Crippen LogP) is 1.94. The minimum absolute atomic E-state index is 0.274. The Morgan fingerprint density at radius 3 is 2.37 bits per heavy atom. The van der Waals surface area contributed by atoms with Gasteiger partial charge in [-0.25, -0.2) is 4.79 Å². The molecule has 7 atom stereocenters. The summed E-state index contributed by atoms with van der Waals surface area (Å²) >= 11 is 0.996. The Morgan fingerprint density at radius 1 is 1.05 bits per heavy atom. The second kappa shape index (κ2) is 12.0. The zero-order valence-corrected chi connectivity index (χ0v) is 25.0. The molecule has 2 amide bonds. The molecule has 13 heteroatoms. The Labute approximate surface area is 252 Å². The summed E-state index contributed by atoms with van der Waals surface area (Å²) in [7, 11) is 0. The molecule has 0 saturated carbocycles. The van der Waals surface area contributed by atoms with Crippen molar-refractivity contribution in [3.8, 4) is 17.2 Å². The zero-order chi connectivity index (χ0) is 31.2. The number of carboxylic acids is 1. The van der Waals surface area contributed by atoms with Crippen LogP contribution >= 0.6 is 11.8 Å². The van der Waals surface area contributed by atoms with Crippen LogP contribution in [0.5, 0.6) is 17.2 Å². The molecule has 3 aliphatic rings. The highest BCUT2D eigenvalue weighted by atomic mass is 32.2. The van der Waals surface area contributed by atoms with E-state index < -0.39 is 47.5 Å². The second-order valence-corrected chi connectivity index (χ2v) is 12.6. The van der Waals surface area contributed by atoms with Crippen molar-refractivity contribution in [2.24, 2.45) is 0 Å². The average Bonchev–Trinajstić information content (AvgIpc) is 3.29. The van der Waals surface area contributed by atoms with Crippen LogP contribution in [0.25, 0.3) is 0 Å². The summed E-state index contributed by atoms with van der Waals surface area (Å²) < 4.78 is 23.9. The van der Waals surface area contributed by atoms with Gasteiger partial charge in [0.1, 0.15) is 47.8 Å². The van der Waals surface area contributed by atoms with Crippen molar-refractivity contribution in [3.05, 3.63) is 52.1 Å². The number of ether oxygens (including phenoxy) is 4. The third-order valence-corrected chi connectivity index (χ3v) is 9.25. The van der Waals surface area contributed by atoms with Gasteiger partial charge in [0.05, 0.1) is 5.25 Å². The van der Waals surface area contributed by atoms with Crippen molar-refractivity contribution >= 4 is 28.9 Å². The summed E-state index contributed by atoms with van der Waals surface area (Å²) in [6.07, 6.45) is -6.82. The first kappa shape index (κ1) is 31.1. The van der Waals surface area contributed by atoms with E-state index >= 15 is 0 Å². The quantitative estimate of drug-likeness (QED) is 0.291. The number of hydrogen-bond acceptors (Lipinski definition) is 11. The first-order chi connectivity index (χ1) is 20.3. The SMILES string of the molecule is Cc1c(C)c2c(c(C)c1OC1OC(C(=O)O)C(O)C(O)C1O)CCC(C)(COc1ccc(CC3SC(=O)NC3=O)cc1)O2. The highest BCUT2D eigenvalue weighted by Crippen LogP contribution is 2.44. The van der Waals surface area contributed by atoms with Crippen LogP contribution in [-0.4, -0.2) is 85.7 Å². The summed E-state index contributed by atoms with van der Waals surface area (Å²) in [5.74, 6) is -0.0363. The summed E-state index contributed by atoms with van der Waals surface area (Å²) in [6.45, 7) is 7.76. The number of aliphatic carboxylic acids is 1. The number of aliphatic hydroxyl groups excluding tert-OH is 3. The van der Waals surface area contributed by atoms with Gasteiger partial charge in [0, 0.05) is 5.56 Å². The van der Waals surface area contributed by atoms with Gasteiger partial charge in [-0.2, -0.15) is 0 Å². The third-order valence-electron chi connectivity index (χ3n) is 8.27. The number of carboxylic acid groups (broad SMARTS) is 1. The van der Waals surface area contributed by atoms with Crippen LogP contribution in [0.2, 0.25) is 0 Å². The number of amides is 2. The molecule has 12 nitrogen and oxygen atoms in total. The van der Waals surface area contributed by atoms with Crippen molar-refractivity contribution in [2.75, 3.05) is 6.61 Å². The van der Waals surface area contributed by atoms with E-state index in [-0.39, 0.29) is 17.8 Å². The molecule has 2 aromatic carbocycles. The van der Waals surface area contributed by atoms with Gasteiger partial charge in [0.2, 0.25) is 12.2 Å². The van der Waals surface area contributed by atoms with Crippen LogP contribution in [0.15, 0.2) is 24.3 Å². The highest BCUT2D eigenvalue weighted by Gasteiger charge is 2.48. The number of thioether (sulfide) groups is 1. The molecule has 0 bridgehead atoms. The number of hydrogen-bond donors (Lipinski definition) is 5. The predicted molar refractivity (Wildman–Crippen MR) is 154 cm³/mol. The Kier molecular flexibility index (Phi) is 8.65. The number of carbonyl (C=O) groups is 3. The largest absolute Gasteiger partial charge is 0.489 e. The first-order valence-electron chi connectivity index (χ1n) is 13.9. The first-order valence-corrected chi connectivity index (χ1v) is 14.8. The maximum Gasteiger partial charge on any atom is 0.335 e. The van der Waals surface area contributed by atoms with Gasteiger partial charge in [-0.1, -0.05) is 23.9 Å². The summed E-state index contributed by atoms with van der Waals surface area (Å²) in [5.41, 5.74) is 3.38. The van der Waals surface area contributed by atoms with Gasteiger partial charge in [0.25, 0.3) is 5.24 Å². The van der Waals surface area contributed by atoms with Gasteiger partial charge >= 0.3 is 5.97 Å². The molecule has 7 unspecified atom stereocenters. The molecule has 3 heterocycles. The van der Waals surface area contributed by atoms with Gasteiger partial charge in [-0.05, 0) is 81.3 Å². The number of carbonyl (C=O) groups excluding carboxylic acids is 2. The molecular weight excluding hydrogens is 582 g/mol. The molecule has 2 fully saturated rings. The minimum atomic E-state index is -1.81. The molecule has 2 aromatic rings. The minimum Gasteiger partial charge on any atom is -0.489 e. The van der Waals surface area contributed by atoms with E-state index in [2.05, 4.69) is 5.32 Å². The fraction of sp³-hybridized carbons (Fsp3) is 0.500. The number of nitrogens with one attached hydrogen (secondary N) is 1. The lowest BCUT2D eigenvalue weighted by Gasteiger charge is -2.40. The van der Waals surface area contributed by atoms with E-state index in [0.29, 0.717) is 42.1 Å². The van der Waals surface area contributed by atoms with Crippen LogP contribution < -0.4 is 19.5 Å². The highest BCUT2D eigenvalue weighted by molar-refractivity contribution is 8.15. The molecule has 0 radical (unpaired) electrons. The Bertz CT molecular complexity index is 1430.